The normalized spacial score (nSPS) is 13.8. The molecule has 18 heavy (non-hydrogen) atoms. The Morgan fingerprint density at radius 2 is 1.50 bits per heavy atom. The van der Waals surface area contributed by atoms with Crippen LogP contribution < -0.4 is 5.32 Å². The lowest BCUT2D eigenvalue weighted by Crippen LogP contribution is -2.38. The summed E-state index contributed by atoms with van der Waals surface area (Å²) in [7, 11) is 3.70. The first-order valence-corrected chi connectivity index (χ1v) is 6.84. The van der Waals surface area contributed by atoms with Crippen molar-refractivity contribution in [3.8, 4) is 0 Å². The first kappa shape index (κ1) is 17.8. The second-order valence-corrected chi connectivity index (χ2v) is 5.57. The maximum Gasteiger partial charge on any atom is 0.0701 e. The Balaban J connectivity index is 3.34. The summed E-state index contributed by atoms with van der Waals surface area (Å²) in [6.07, 6.45) is 2.23. The van der Waals surface area contributed by atoms with E-state index >= 15 is 0 Å². The van der Waals surface area contributed by atoms with Gasteiger partial charge in [0.25, 0.3) is 0 Å². The third-order valence-electron chi connectivity index (χ3n) is 2.98. The zero-order valence-electron chi connectivity index (χ0n) is 12.8. The highest BCUT2D eigenvalue weighted by atomic mass is 16.5. The largest absolute Gasteiger partial charge is 0.382 e. The molecule has 0 rings (SSSR count). The van der Waals surface area contributed by atoms with Gasteiger partial charge in [-0.05, 0) is 25.3 Å². The molecule has 0 fully saturated rings. The highest BCUT2D eigenvalue weighted by Crippen LogP contribution is 2.22. The molecule has 1 atom stereocenters. The van der Waals surface area contributed by atoms with Gasteiger partial charge in [-0.25, -0.2) is 0 Å². The molecule has 0 spiro atoms. The third-order valence-corrected chi connectivity index (χ3v) is 2.98. The molecule has 0 aromatic carbocycles. The van der Waals surface area contributed by atoms with Gasteiger partial charge in [-0.2, -0.15) is 0 Å². The minimum atomic E-state index is 0.304. The average molecular weight is 261 g/mol. The molecule has 0 radical (unpaired) electrons. The molecule has 0 aromatic heterocycles. The number of hydrogen-bond acceptors (Lipinski definition) is 4. The molecule has 0 amide bonds. The molecule has 0 saturated heterocycles. The van der Waals surface area contributed by atoms with Gasteiger partial charge in [-0.15, -0.1) is 0 Å². The Bertz CT molecular complexity index is 180. The van der Waals surface area contributed by atoms with Gasteiger partial charge in [-0.1, -0.05) is 20.8 Å². The Morgan fingerprint density at radius 3 is 2.00 bits per heavy atom. The zero-order valence-corrected chi connectivity index (χ0v) is 12.8. The van der Waals surface area contributed by atoms with Crippen LogP contribution in [0.4, 0.5) is 0 Å². The van der Waals surface area contributed by atoms with E-state index in [1.54, 1.807) is 7.11 Å². The van der Waals surface area contributed by atoms with Crippen LogP contribution in [0, 0.1) is 5.41 Å². The van der Waals surface area contributed by atoms with E-state index in [0.717, 1.165) is 19.4 Å². The zero-order chi connectivity index (χ0) is 13.9. The lowest BCUT2D eigenvalue weighted by atomic mass is 9.84. The van der Waals surface area contributed by atoms with Crippen LogP contribution in [0.5, 0.6) is 0 Å². The van der Waals surface area contributed by atoms with Crippen molar-refractivity contribution in [3.63, 3.8) is 0 Å². The van der Waals surface area contributed by atoms with E-state index in [0.29, 0.717) is 37.9 Å². The van der Waals surface area contributed by atoms with Gasteiger partial charge in [0, 0.05) is 19.8 Å². The smallest absolute Gasteiger partial charge is 0.0701 e. The second kappa shape index (κ2) is 10.7. The maximum absolute atomic E-state index is 5.53. The van der Waals surface area contributed by atoms with Gasteiger partial charge in [0.2, 0.25) is 0 Å². The molecule has 0 saturated carbocycles. The summed E-state index contributed by atoms with van der Waals surface area (Å²) in [5.41, 5.74) is 0.304. The van der Waals surface area contributed by atoms with Crippen LogP contribution in [0.2, 0.25) is 0 Å². The van der Waals surface area contributed by atoms with E-state index in [4.69, 9.17) is 14.2 Å². The minimum Gasteiger partial charge on any atom is -0.382 e. The van der Waals surface area contributed by atoms with Crippen LogP contribution in [-0.4, -0.2) is 53.2 Å². The molecule has 0 aliphatic heterocycles. The number of ether oxygens (including phenoxy) is 3. The fourth-order valence-corrected chi connectivity index (χ4v) is 1.86. The van der Waals surface area contributed by atoms with Crippen molar-refractivity contribution in [1.29, 1.82) is 0 Å². The quantitative estimate of drug-likeness (QED) is 0.578. The van der Waals surface area contributed by atoms with E-state index in [1.807, 2.05) is 7.05 Å². The Kier molecular flexibility index (Phi) is 10.6. The monoisotopic (exact) mass is 261 g/mol. The molecule has 0 aromatic rings. The topological polar surface area (TPSA) is 39.7 Å². The van der Waals surface area contributed by atoms with Gasteiger partial charge in [0.05, 0.1) is 26.4 Å². The first-order chi connectivity index (χ1) is 8.52. The summed E-state index contributed by atoms with van der Waals surface area (Å²) in [5, 5.41) is 3.37. The van der Waals surface area contributed by atoms with Crippen molar-refractivity contribution in [2.45, 2.75) is 39.7 Å². The number of rotatable bonds is 11. The van der Waals surface area contributed by atoms with E-state index in [9.17, 15) is 0 Å². The van der Waals surface area contributed by atoms with Crippen molar-refractivity contribution in [3.05, 3.63) is 0 Å². The molecule has 1 unspecified atom stereocenters. The molecule has 0 heterocycles. The van der Waals surface area contributed by atoms with Crippen molar-refractivity contribution in [2.24, 2.45) is 5.41 Å². The molecule has 0 aliphatic carbocycles. The molecule has 0 aliphatic rings. The van der Waals surface area contributed by atoms with Gasteiger partial charge >= 0.3 is 0 Å². The molecular weight excluding hydrogens is 230 g/mol. The van der Waals surface area contributed by atoms with Crippen LogP contribution in [0.3, 0.4) is 0 Å². The fourth-order valence-electron chi connectivity index (χ4n) is 1.86. The Hall–Kier alpha value is -0.160. The van der Waals surface area contributed by atoms with Crippen LogP contribution in [0.1, 0.15) is 33.6 Å². The Labute approximate surface area is 112 Å². The van der Waals surface area contributed by atoms with Gasteiger partial charge in [0.15, 0.2) is 0 Å². The van der Waals surface area contributed by atoms with E-state index in [1.165, 1.54) is 0 Å². The lowest BCUT2D eigenvalue weighted by Gasteiger charge is -2.30. The summed E-state index contributed by atoms with van der Waals surface area (Å²) in [6.45, 7) is 10.2. The van der Waals surface area contributed by atoms with Crippen molar-refractivity contribution >= 4 is 0 Å². The first-order valence-electron chi connectivity index (χ1n) is 6.84. The van der Waals surface area contributed by atoms with Crippen LogP contribution in [-0.2, 0) is 14.2 Å². The standard InChI is InChI=1S/C14H31NO3/c1-14(2,3)13(15-4)7-6-8-17-11-12-18-10-9-16-5/h13,15H,6-12H2,1-5H3. The summed E-state index contributed by atoms with van der Waals surface area (Å²) < 4.78 is 15.7. The maximum atomic E-state index is 5.53. The van der Waals surface area contributed by atoms with E-state index < -0.39 is 0 Å². The lowest BCUT2D eigenvalue weighted by molar-refractivity contribution is 0.0231. The summed E-state index contributed by atoms with van der Waals surface area (Å²) in [5.74, 6) is 0. The van der Waals surface area contributed by atoms with Gasteiger partial charge in [0.1, 0.15) is 0 Å². The van der Waals surface area contributed by atoms with Crippen LogP contribution in [0.15, 0.2) is 0 Å². The number of hydrogen-bond donors (Lipinski definition) is 1. The SMILES string of the molecule is CNC(CCCOCCOCCOC)C(C)(C)C. The summed E-state index contributed by atoms with van der Waals surface area (Å²) in [6, 6.07) is 0.541. The van der Waals surface area contributed by atoms with E-state index in [2.05, 4.69) is 26.1 Å². The van der Waals surface area contributed by atoms with Gasteiger partial charge < -0.3 is 19.5 Å². The highest BCUT2D eigenvalue weighted by molar-refractivity contribution is 4.78. The summed E-state index contributed by atoms with van der Waals surface area (Å²) in [4.78, 5) is 0. The minimum absolute atomic E-state index is 0.304. The van der Waals surface area contributed by atoms with Crippen molar-refractivity contribution in [1.82, 2.24) is 5.32 Å². The highest BCUT2D eigenvalue weighted by Gasteiger charge is 2.21. The Morgan fingerprint density at radius 1 is 0.944 bits per heavy atom. The molecule has 4 nitrogen and oxygen atoms in total. The third kappa shape index (κ3) is 9.83. The molecule has 110 valence electrons. The van der Waals surface area contributed by atoms with Crippen molar-refractivity contribution in [2.75, 3.05) is 47.2 Å². The number of nitrogens with one attached hydrogen (secondary N) is 1. The second-order valence-electron chi connectivity index (χ2n) is 5.57. The van der Waals surface area contributed by atoms with Crippen LogP contribution >= 0.6 is 0 Å². The molecule has 1 N–H and O–H groups in total. The van der Waals surface area contributed by atoms with Crippen molar-refractivity contribution < 1.29 is 14.2 Å². The predicted molar refractivity (Wildman–Crippen MR) is 75.1 cm³/mol. The van der Waals surface area contributed by atoms with E-state index in [-0.39, 0.29) is 0 Å². The van der Waals surface area contributed by atoms with Crippen LogP contribution in [0.25, 0.3) is 0 Å². The van der Waals surface area contributed by atoms with Gasteiger partial charge in [-0.3, -0.25) is 0 Å². The fraction of sp³-hybridized carbons (Fsp3) is 1.00. The molecule has 4 heteroatoms. The predicted octanol–water partition coefficient (Wildman–Crippen LogP) is 2.08. The average Bonchev–Trinajstić information content (AvgIpc) is 2.30. The molecule has 0 bridgehead atoms. The molecular formula is C14H31NO3. The summed E-state index contributed by atoms with van der Waals surface area (Å²) >= 11 is 0. The number of methoxy groups -OCH3 is 1.